The van der Waals surface area contributed by atoms with Gasteiger partial charge >= 0.3 is 0 Å². The molecule has 0 unspecified atom stereocenters. The van der Waals surface area contributed by atoms with Crippen molar-refractivity contribution in [1.29, 1.82) is 0 Å². The van der Waals surface area contributed by atoms with Crippen LogP contribution in [0.4, 0.5) is 0 Å². The smallest absolute Gasteiger partial charge is 0.194 e. The lowest BCUT2D eigenvalue weighted by atomic mass is 10.1. The van der Waals surface area contributed by atoms with Gasteiger partial charge in [-0.1, -0.05) is 48.5 Å². The zero-order valence-electron chi connectivity index (χ0n) is 19.5. The van der Waals surface area contributed by atoms with E-state index in [1.165, 1.54) is 0 Å². The van der Waals surface area contributed by atoms with Crippen molar-refractivity contribution >= 4 is 5.96 Å². The summed E-state index contributed by atoms with van der Waals surface area (Å²) in [6, 6.07) is 18.5. The Kier molecular flexibility index (Phi) is 10.4. The molecular weight excluding hydrogens is 402 g/mol. The Hall–Kier alpha value is -2.57. The van der Waals surface area contributed by atoms with Crippen molar-refractivity contribution < 1.29 is 14.2 Å². The first-order valence-electron chi connectivity index (χ1n) is 11.7. The van der Waals surface area contributed by atoms with Gasteiger partial charge in [-0.2, -0.15) is 0 Å². The van der Waals surface area contributed by atoms with Gasteiger partial charge in [0.25, 0.3) is 0 Å². The van der Waals surface area contributed by atoms with Crippen molar-refractivity contribution in [3.05, 3.63) is 54.6 Å². The van der Waals surface area contributed by atoms with Crippen molar-refractivity contribution in [3.63, 3.8) is 0 Å². The van der Waals surface area contributed by atoms with Crippen molar-refractivity contribution in [2.45, 2.75) is 32.3 Å². The van der Waals surface area contributed by atoms with Gasteiger partial charge in [-0.05, 0) is 37.8 Å². The average molecular weight is 440 g/mol. The summed E-state index contributed by atoms with van der Waals surface area (Å²) in [5, 5.41) is 3.43. The Morgan fingerprint density at radius 1 is 1.00 bits per heavy atom. The van der Waals surface area contributed by atoms with E-state index in [1.54, 1.807) is 7.11 Å². The molecule has 1 saturated heterocycles. The molecule has 1 aliphatic heterocycles. The minimum atomic E-state index is 0.337. The van der Waals surface area contributed by atoms with Crippen LogP contribution in [-0.2, 0) is 9.47 Å². The first-order valence-corrected chi connectivity index (χ1v) is 11.7. The first kappa shape index (κ1) is 24.1. The molecule has 174 valence electrons. The highest BCUT2D eigenvalue weighted by atomic mass is 16.5. The van der Waals surface area contributed by atoms with Gasteiger partial charge in [0.1, 0.15) is 12.4 Å². The molecule has 1 fully saturated rings. The lowest BCUT2D eigenvalue weighted by Gasteiger charge is -2.34. The number of ether oxygens (including phenoxy) is 3. The fraction of sp³-hybridized carbons (Fsp3) is 0.500. The maximum Gasteiger partial charge on any atom is 0.194 e. The Morgan fingerprint density at radius 2 is 1.75 bits per heavy atom. The van der Waals surface area contributed by atoms with Gasteiger partial charge in [0.2, 0.25) is 0 Å². The fourth-order valence-electron chi connectivity index (χ4n) is 3.87. The molecule has 0 aliphatic carbocycles. The lowest BCUT2D eigenvalue weighted by molar-refractivity contribution is 0.00990. The largest absolute Gasteiger partial charge is 0.491 e. The molecule has 0 spiro atoms. The number of aliphatic imine (C=N–C) groups is 1. The van der Waals surface area contributed by atoms with Crippen LogP contribution in [0.5, 0.6) is 5.75 Å². The Morgan fingerprint density at radius 3 is 2.50 bits per heavy atom. The summed E-state index contributed by atoms with van der Waals surface area (Å²) < 4.78 is 17.2. The number of likely N-dealkylation sites (tertiary alicyclic amines) is 1. The molecule has 0 amide bonds. The number of hydrogen-bond acceptors (Lipinski definition) is 4. The topological polar surface area (TPSA) is 55.3 Å². The second kappa shape index (κ2) is 13.8. The van der Waals surface area contributed by atoms with E-state index in [-0.39, 0.29) is 0 Å². The predicted molar refractivity (Wildman–Crippen MR) is 130 cm³/mol. The molecule has 0 radical (unpaired) electrons. The first-order chi connectivity index (χ1) is 15.8. The average Bonchev–Trinajstić information content (AvgIpc) is 2.85. The molecule has 3 rings (SSSR count). The summed E-state index contributed by atoms with van der Waals surface area (Å²) in [7, 11) is 1.73. The van der Waals surface area contributed by atoms with Crippen molar-refractivity contribution in [3.8, 4) is 16.9 Å². The Labute approximate surface area is 192 Å². The molecule has 0 atom stereocenters. The number of benzene rings is 2. The highest BCUT2D eigenvalue weighted by Crippen LogP contribution is 2.29. The summed E-state index contributed by atoms with van der Waals surface area (Å²) in [5.41, 5.74) is 2.27. The van der Waals surface area contributed by atoms with Crippen LogP contribution >= 0.6 is 0 Å². The summed E-state index contributed by atoms with van der Waals surface area (Å²) in [4.78, 5) is 7.15. The Bertz CT molecular complexity index is 805. The molecule has 1 heterocycles. The molecule has 6 nitrogen and oxygen atoms in total. The summed E-state index contributed by atoms with van der Waals surface area (Å²) in [5.74, 6) is 1.86. The zero-order chi connectivity index (χ0) is 22.4. The highest BCUT2D eigenvalue weighted by Gasteiger charge is 2.21. The van der Waals surface area contributed by atoms with E-state index in [2.05, 4.69) is 35.3 Å². The van der Waals surface area contributed by atoms with E-state index < -0.39 is 0 Å². The third-order valence-electron chi connectivity index (χ3n) is 5.51. The number of nitrogens with one attached hydrogen (secondary N) is 1. The van der Waals surface area contributed by atoms with Crippen LogP contribution in [-0.4, -0.2) is 70.1 Å². The van der Waals surface area contributed by atoms with Gasteiger partial charge in [0, 0.05) is 45.5 Å². The van der Waals surface area contributed by atoms with Gasteiger partial charge in [-0.15, -0.1) is 0 Å². The molecule has 32 heavy (non-hydrogen) atoms. The monoisotopic (exact) mass is 439 g/mol. The number of piperidine rings is 1. The van der Waals surface area contributed by atoms with E-state index in [9.17, 15) is 0 Å². The van der Waals surface area contributed by atoms with Crippen molar-refractivity contribution in [1.82, 2.24) is 10.2 Å². The molecule has 0 aromatic heterocycles. The summed E-state index contributed by atoms with van der Waals surface area (Å²) in [6.45, 7) is 7.55. The van der Waals surface area contributed by atoms with Crippen molar-refractivity contribution in [2.75, 3.05) is 53.1 Å². The number of para-hydroxylation sites is 1. The lowest BCUT2D eigenvalue weighted by Crippen LogP contribution is -2.47. The summed E-state index contributed by atoms with van der Waals surface area (Å²) >= 11 is 0. The van der Waals surface area contributed by atoms with E-state index in [0.717, 1.165) is 74.9 Å². The van der Waals surface area contributed by atoms with Crippen LogP contribution in [0.15, 0.2) is 59.6 Å². The molecule has 6 heteroatoms. The van der Waals surface area contributed by atoms with Crippen LogP contribution in [0, 0.1) is 0 Å². The standard InChI is InChI=1S/C26H37N3O3/c1-3-27-26(29-17-14-23(15-18-29)31-20-9-19-30-2)28-16-21-32-25-13-8-7-12-24(25)22-10-5-4-6-11-22/h4-8,10-13,23H,3,9,14-21H2,1-2H3,(H,27,28). The molecular formula is C26H37N3O3. The third kappa shape index (κ3) is 7.53. The number of nitrogens with zero attached hydrogens (tertiary/aromatic N) is 2. The van der Waals surface area contributed by atoms with Crippen LogP contribution in [0.1, 0.15) is 26.2 Å². The Balaban J connectivity index is 1.48. The fourth-order valence-corrected chi connectivity index (χ4v) is 3.87. The number of hydrogen-bond donors (Lipinski definition) is 1. The van der Waals surface area contributed by atoms with E-state index in [0.29, 0.717) is 19.3 Å². The maximum absolute atomic E-state index is 6.11. The maximum atomic E-state index is 6.11. The minimum Gasteiger partial charge on any atom is -0.491 e. The molecule has 1 N–H and O–H groups in total. The number of guanidine groups is 1. The summed E-state index contributed by atoms with van der Waals surface area (Å²) in [6.07, 6.45) is 3.34. The molecule has 0 bridgehead atoms. The van der Waals surface area contributed by atoms with Crippen LogP contribution in [0.2, 0.25) is 0 Å². The normalized spacial score (nSPS) is 15.1. The van der Waals surface area contributed by atoms with Gasteiger partial charge < -0.3 is 24.4 Å². The van der Waals surface area contributed by atoms with E-state index in [4.69, 9.17) is 19.2 Å². The highest BCUT2D eigenvalue weighted by molar-refractivity contribution is 5.80. The second-order valence-corrected chi connectivity index (χ2v) is 7.85. The predicted octanol–water partition coefficient (Wildman–Crippen LogP) is 4.22. The zero-order valence-corrected chi connectivity index (χ0v) is 19.5. The van der Waals surface area contributed by atoms with Crippen LogP contribution < -0.4 is 10.1 Å². The van der Waals surface area contributed by atoms with E-state index >= 15 is 0 Å². The molecule has 0 saturated carbocycles. The third-order valence-corrected chi connectivity index (χ3v) is 5.51. The molecule has 2 aromatic rings. The molecule has 2 aromatic carbocycles. The second-order valence-electron chi connectivity index (χ2n) is 7.85. The van der Waals surface area contributed by atoms with Gasteiger partial charge in [0.05, 0.1) is 12.6 Å². The van der Waals surface area contributed by atoms with Gasteiger partial charge in [-0.3, -0.25) is 0 Å². The quantitative estimate of drug-likeness (QED) is 0.323. The molecule has 1 aliphatic rings. The van der Waals surface area contributed by atoms with Crippen LogP contribution in [0.25, 0.3) is 11.1 Å². The SMILES string of the molecule is CCNC(=NCCOc1ccccc1-c1ccccc1)N1CCC(OCCCOC)CC1. The van der Waals surface area contributed by atoms with Crippen molar-refractivity contribution in [2.24, 2.45) is 4.99 Å². The van der Waals surface area contributed by atoms with Gasteiger partial charge in [-0.25, -0.2) is 4.99 Å². The number of methoxy groups -OCH3 is 1. The minimum absolute atomic E-state index is 0.337. The van der Waals surface area contributed by atoms with Gasteiger partial charge in [0.15, 0.2) is 5.96 Å². The number of rotatable bonds is 11. The van der Waals surface area contributed by atoms with Crippen LogP contribution in [0.3, 0.4) is 0 Å². The van der Waals surface area contributed by atoms with E-state index in [1.807, 2.05) is 36.4 Å².